The molecule has 6 nitrogen and oxygen atoms in total. The van der Waals surface area contributed by atoms with Gasteiger partial charge < -0.3 is 15.4 Å². The SMILES string of the molecule is CO[C@H]1CC[C@@H](NC(=O)NCc2cn(-c3ccccc3)nc2C)C1. The molecule has 1 aliphatic carbocycles. The van der Waals surface area contributed by atoms with Crippen LogP contribution in [0.25, 0.3) is 5.69 Å². The first kappa shape index (κ1) is 16.5. The van der Waals surface area contributed by atoms with Crippen LogP contribution in [0.2, 0.25) is 0 Å². The van der Waals surface area contributed by atoms with E-state index >= 15 is 0 Å². The van der Waals surface area contributed by atoms with Gasteiger partial charge in [0.25, 0.3) is 0 Å². The number of methoxy groups -OCH3 is 1. The number of benzene rings is 1. The summed E-state index contributed by atoms with van der Waals surface area (Å²) >= 11 is 0. The minimum Gasteiger partial charge on any atom is -0.381 e. The first-order chi connectivity index (χ1) is 11.7. The second-order valence-electron chi connectivity index (χ2n) is 6.21. The number of hydrogen-bond donors (Lipinski definition) is 2. The molecule has 0 bridgehead atoms. The Hall–Kier alpha value is -2.34. The van der Waals surface area contributed by atoms with Crippen LogP contribution in [-0.2, 0) is 11.3 Å². The molecule has 24 heavy (non-hydrogen) atoms. The zero-order valence-electron chi connectivity index (χ0n) is 14.2. The van der Waals surface area contributed by atoms with Gasteiger partial charge in [-0.15, -0.1) is 0 Å². The lowest BCUT2D eigenvalue weighted by Crippen LogP contribution is -2.40. The van der Waals surface area contributed by atoms with Crippen LogP contribution in [0.4, 0.5) is 4.79 Å². The van der Waals surface area contributed by atoms with Gasteiger partial charge in [-0.3, -0.25) is 0 Å². The van der Waals surface area contributed by atoms with Gasteiger partial charge in [-0.25, -0.2) is 9.48 Å². The largest absolute Gasteiger partial charge is 0.381 e. The Kier molecular flexibility index (Phi) is 5.15. The van der Waals surface area contributed by atoms with E-state index in [0.29, 0.717) is 6.54 Å². The number of ether oxygens (including phenoxy) is 1. The maximum atomic E-state index is 12.1. The van der Waals surface area contributed by atoms with Gasteiger partial charge in [-0.05, 0) is 38.3 Å². The van der Waals surface area contributed by atoms with E-state index in [0.717, 1.165) is 36.2 Å². The number of nitrogens with zero attached hydrogens (tertiary/aromatic N) is 2. The Bertz CT molecular complexity index is 684. The highest BCUT2D eigenvalue weighted by Gasteiger charge is 2.25. The summed E-state index contributed by atoms with van der Waals surface area (Å²) in [5.41, 5.74) is 2.93. The van der Waals surface area contributed by atoms with Gasteiger partial charge in [0.05, 0.1) is 17.5 Å². The third kappa shape index (κ3) is 3.94. The van der Waals surface area contributed by atoms with Crippen LogP contribution in [0.15, 0.2) is 36.5 Å². The Morgan fingerprint density at radius 1 is 1.33 bits per heavy atom. The average Bonchev–Trinajstić information content (AvgIpc) is 3.20. The lowest BCUT2D eigenvalue weighted by molar-refractivity contribution is 0.107. The van der Waals surface area contributed by atoms with Crippen LogP contribution in [-0.4, -0.2) is 35.1 Å². The van der Waals surface area contributed by atoms with E-state index in [1.807, 2.05) is 48.1 Å². The van der Waals surface area contributed by atoms with Crippen molar-refractivity contribution in [2.75, 3.05) is 7.11 Å². The van der Waals surface area contributed by atoms with E-state index < -0.39 is 0 Å². The zero-order valence-corrected chi connectivity index (χ0v) is 14.2. The van der Waals surface area contributed by atoms with Gasteiger partial charge in [0.15, 0.2) is 0 Å². The van der Waals surface area contributed by atoms with Gasteiger partial charge in [-0.1, -0.05) is 18.2 Å². The van der Waals surface area contributed by atoms with Crippen molar-refractivity contribution in [3.8, 4) is 5.69 Å². The molecular formula is C18H24N4O2. The van der Waals surface area contributed by atoms with Crippen LogP contribution in [0.1, 0.15) is 30.5 Å². The molecule has 2 amide bonds. The van der Waals surface area contributed by atoms with Crippen molar-refractivity contribution in [2.45, 2.75) is 44.9 Å². The number of aryl methyl sites for hydroxylation is 1. The normalized spacial score (nSPS) is 20.1. The topological polar surface area (TPSA) is 68.2 Å². The summed E-state index contributed by atoms with van der Waals surface area (Å²) in [4.78, 5) is 12.1. The zero-order chi connectivity index (χ0) is 16.9. The second-order valence-corrected chi connectivity index (χ2v) is 6.21. The molecule has 1 aliphatic rings. The molecule has 2 aromatic rings. The van der Waals surface area contributed by atoms with Crippen molar-refractivity contribution in [1.29, 1.82) is 0 Å². The molecule has 0 unspecified atom stereocenters. The number of rotatable bonds is 5. The number of para-hydroxylation sites is 1. The highest BCUT2D eigenvalue weighted by atomic mass is 16.5. The van der Waals surface area contributed by atoms with E-state index in [4.69, 9.17) is 4.74 Å². The highest BCUT2D eigenvalue weighted by Crippen LogP contribution is 2.21. The summed E-state index contributed by atoms with van der Waals surface area (Å²) in [6.45, 7) is 2.42. The van der Waals surface area contributed by atoms with E-state index in [2.05, 4.69) is 15.7 Å². The van der Waals surface area contributed by atoms with Crippen LogP contribution in [0.3, 0.4) is 0 Å². The maximum Gasteiger partial charge on any atom is 0.315 e. The van der Waals surface area contributed by atoms with E-state index in [9.17, 15) is 4.79 Å². The number of aromatic nitrogens is 2. The second kappa shape index (κ2) is 7.49. The molecule has 1 aromatic heterocycles. The molecule has 6 heteroatoms. The van der Waals surface area contributed by atoms with Gasteiger partial charge in [0, 0.05) is 31.5 Å². The first-order valence-corrected chi connectivity index (χ1v) is 8.33. The molecule has 1 heterocycles. The number of carbonyl (C=O) groups excluding carboxylic acids is 1. The standard InChI is InChI=1S/C18H24N4O2/c1-13-14(12-22(21-13)16-6-4-3-5-7-16)11-19-18(23)20-15-8-9-17(10-15)24-2/h3-7,12,15,17H,8-11H2,1-2H3,(H2,19,20,23)/t15-,17+/m1/s1. The summed E-state index contributed by atoms with van der Waals surface area (Å²) < 4.78 is 7.17. The van der Waals surface area contributed by atoms with Crippen molar-refractivity contribution in [3.05, 3.63) is 47.8 Å². The Labute approximate surface area is 142 Å². The molecule has 1 aromatic carbocycles. The number of nitrogens with one attached hydrogen (secondary N) is 2. The molecule has 1 fully saturated rings. The number of carbonyl (C=O) groups is 1. The number of urea groups is 1. The predicted molar refractivity (Wildman–Crippen MR) is 92.1 cm³/mol. The van der Waals surface area contributed by atoms with E-state index in [-0.39, 0.29) is 18.2 Å². The Morgan fingerprint density at radius 2 is 2.12 bits per heavy atom. The lowest BCUT2D eigenvalue weighted by Gasteiger charge is -2.13. The quantitative estimate of drug-likeness (QED) is 0.886. The average molecular weight is 328 g/mol. The minimum atomic E-state index is -0.136. The van der Waals surface area contributed by atoms with Crippen LogP contribution in [0.5, 0.6) is 0 Å². The van der Waals surface area contributed by atoms with Gasteiger partial charge in [0.1, 0.15) is 0 Å². The van der Waals surface area contributed by atoms with E-state index in [1.165, 1.54) is 0 Å². The first-order valence-electron chi connectivity index (χ1n) is 8.33. The van der Waals surface area contributed by atoms with Crippen molar-refractivity contribution in [2.24, 2.45) is 0 Å². The Balaban J connectivity index is 1.53. The third-order valence-electron chi connectivity index (χ3n) is 4.51. The smallest absolute Gasteiger partial charge is 0.315 e. The molecule has 0 radical (unpaired) electrons. The molecule has 128 valence electrons. The van der Waals surface area contributed by atoms with Crippen molar-refractivity contribution in [3.63, 3.8) is 0 Å². The fourth-order valence-corrected chi connectivity index (χ4v) is 3.08. The fraction of sp³-hybridized carbons (Fsp3) is 0.444. The van der Waals surface area contributed by atoms with Gasteiger partial charge in [0.2, 0.25) is 0 Å². The number of amides is 2. The third-order valence-corrected chi connectivity index (χ3v) is 4.51. The van der Waals surface area contributed by atoms with E-state index in [1.54, 1.807) is 7.11 Å². The van der Waals surface area contributed by atoms with Crippen molar-refractivity contribution in [1.82, 2.24) is 20.4 Å². The van der Waals surface area contributed by atoms with Gasteiger partial charge in [-0.2, -0.15) is 5.10 Å². The predicted octanol–water partition coefficient (Wildman–Crippen LogP) is 2.55. The molecule has 3 rings (SSSR count). The number of hydrogen-bond acceptors (Lipinski definition) is 3. The maximum absolute atomic E-state index is 12.1. The van der Waals surface area contributed by atoms with Crippen LogP contribution in [0, 0.1) is 6.92 Å². The summed E-state index contributed by atoms with van der Waals surface area (Å²) in [6.07, 6.45) is 5.08. The molecule has 2 N–H and O–H groups in total. The summed E-state index contributed by atoms with van der Waals surface area (Å²) in [7, 11) is 1.72. The molecule has 2 atom stereocenters. The summed E-state index contributed by atoms with van der Waals surface area (Å²) in [6, 6.07) is 10.0. The molecule has 0 saturated heterocycles. The van der Waals surface area contributed by atoms with Gasteiger partial charge >= 0.3 is 6.03 Å². The molecule has 1 saturated carbocycles. The molecule has 0 aliphatic heterocycles. The summed E-state index contributed by atoms with van der Waals surface area (Å²) in [5, 5.41) is 10.4. The van der Waals surface area contributed by atoms with Crippen LogP contribution >= 0.6 is 0 Å². The van der Waals surface area contributed by atoms with Crippen molar-refractivity contribution < 1.29 is 9.53 Å². The molecular weight excluding hydrogens is 304 g/mol. The summed E-state index contributed by atoms with van der Waals surface area (Å²) in [5.74, 6) is 0. The minimum absolute atomic E-state index is 0.136. The van der Waals surface area contributed by atoms with Crippen LogP contribution < -0.4 is 10.6 Å². The van der Waals surface area contributed by atoms with Crippen molar-refractivity contribution >= 4 is 6.03 Å². The lowest BCUT2D eigenvalue weighted by atomic mass is 10.2. The Morgan fingerprint density at radius 3 is 2.83 bits per heavy atom. The molecule has 0 spiro atoms. The highest BCUT2D eigenvalue weighted by molar-refractivity contribution is 5.74. The monoisotopic (exact) mass is 328 g/mol. The fourth-order valence-electron chi connectivity index (χ4n) is 3.08.